The predicted molar refractivity (Wildman–Crippen MR) is 76.8 cm³/mol. The number of hydrogen-bond acceptors (Lipinski definition) is 2. The molecule has 0 fully saturated rings. The second-order valence-electron chi connectivity index (χ2n) is 2.83. The Morgan fingerprint density at radius 3 is 1.43 bits per heavy atom. The fourth-order valence-corrected chi connectivity index (χ4v) is 5.52. The molecule has 14 heavy (non-hydrogen) atoms. The maximum atomic E-state index is 11.4. The summed E-state index contributed by atoms with van der Waals surface area (Å²) in [7, 11) is -2.21. The largest absolute Gasteiger partial charge is 0.243 e. The van der Waals surface area contributed by atoms with Crippen LogP contribution in [0.1, 0.15) is 11.1 Å². The zero-order valence-electron chi connectivity index (χ0n) is 7.54. The Morgan fingerprint density at radius 1 is 0.929 bits per heavy atom. The number of aryl methyl sites for hydroxylation is 2. The lowest BCUT2D eigenvalue weighted by Gasteiger charge is -2.06. The van der Waals surface area contributed by atoms with Crippen LogP contribution in [0, 0.1) is 13.8 Å². The van der Waals surface area contributed by atoms with Crippen molar-refractivity contribution >= 4 is 58.4 Å². The third kappa shape index (κ3) is 2.99. The van der Waals surface area contributed by atoms with Crippen molar-refractivity contribution in [1.82, 2.24) is 0 Å². The highest BCUT2D eigenvalue weighted by Crippen LogP contribution is 2.27. The molecule has 0 bridgehead atoms. The van der Waals surface area contributed by atoms with E-state index in [-0.39, 0.29) is 0 Å². The van der Waals surface area contributed by atoms with Crippen LogP contribution >= 0.6 is 42.4 Å². The molecule has 0 spiro atoms. The summed E-state index contributed by atoms with van der Waals surface area (Å²) in [6.45, 7) is 3.92. The molecule has 0 N–H and O–H groups in total. The Morgan fingerprint density at radius 2 is 1.21 bits per heavy atom. The van der Waals surface area contributed by atoms with Crippen LogP contribution in [0.15, 0.2) is 21.9 Å². The van der Waals surface area contributed by atoms with E-state index in [1.54, 1.807) is 0 Å². The molecule has 6 heteroatoms. The fourth-order valence-electron chi connectivity index (χ4n) is 1.01. The molecular weight excluding hydrogens is 446 g/mol. The van der Waals surface area contributed by atoms with Crippen LogP contribution < -0.4 is 0 Å². The number of halogens is 2. The van der Waals surface area contributed by atoms with Gasteiger partial charge in [0.15, 0.2) is 0 Å². The van der Waals surface area contributed by atoms with Gasteiger partial charge >= 0.3 is 0 Å². The van der Waals surface area contributed by atoms with Gasteiger partial charge in [0.25, 0.3) is 0 Å². The topological polar surface area (TPSA) is 34.1 Å². The zero-order valence-corrected chi connectivity index (χ0v) is 13.5. The van der Waals surface area contributed by atoms with Gasteiger partial charge in [-0.25, -0.2) is 8.42 Å². The van der Waals surface area contributed by atoms with E-state index in [1.807, 2.05) is 68.4 Å². The van der Waals surface area contributed by atoms with Crippen LogP contribution in [0.5, 0.6) is 0 Å². The van der Waals surface area contributed by atoms with E-state index >= 15 is 0 Å². The summed E-state index contributed by atoms with van der Waals surface area (Å²) in [5, 5.41) is 0. The monoisotopic (exact) mass is 454 g/mol. The van der Waals surface area contributed by atoms with E-state index in [1.165, 1.54) is 0 Å². The molecule has 1 aromatic rings. The molecule has 1 rings (SSSR count). The van der Waals surface area contributed by atoms with Crippen molar-refractivity contribution in [3.63, 3.8) is 0 Å². The summed E-state index contributed by atoms with van der Waals surface area (Å²) < 4.78 is 22.8. The van der Waals surface area contributed by atoms with Crippen LogP contribution in [0.2, 0.25) is 0 Å². The highest BCUT2D eigenvalue weighted by molar-refractivity contribution is 14.2. The summed E-state index contributed by atoms with van der Waals surface area (Å²) in [4.78, 5) is 1.34. The summed E-state index contributed by atoms with van der Waals surface area (Å²) in [5.74, 6) is 0. The Labute approximate surface area is 112 Å². The molecule has 0 heterocycles. The summed E-state index contributed by atoms with van der Waals surface area (Å²) in [6.07, 6.45) is 0. The average molecular weight is 454 g/mol. The Balaban J connectivity index is 3.46. The molecule has 0 aliphatic rings. The van der Waals surface area contributed by atoms with Gasteiger partial charge in [-0.15, -0.1) is 0 Å². The zero-order chi connectivity index (χ0) is 10.9. The lowest BCUT2D eigenvalue weighted by molar-refractivity contribution is 0.685. The summed E-state index contributed by atoms with van der Waals surface area (Å²) in [6, 6.07) is 3.70. The van der Waals surface area contributed by atoms with E-state index in [2.05, 4.69) is 0 Å². The van der Waals surface area contributed by atoms with E-state index in [0.29, 0.717) is 9.79 Å². The van der Waals surface area contributed by atoms with Crippen molar-refractivity contribution in [2.75, 3.05) is 0 Å². The van der Waals surface area contributed by atoms with Crippen molar-refractivity contribution in [2.24, 2.45) is 0 Å². The quantitative estimate of drug-likeness (QED) is 0.509. The molecule has 0 saturated heterocycles. The van der Waals surface area contributed by atoms with Crippen LogP contribution in [0.3, 0.4) is 0 Å². The summed E-state index contributed by atoms with van der Waals surface area (Å²) in [5.41, 5.74) is 2.16. The van der Waals surface area contributed by atoms with Gasteiger partial charge in [-0.1, -0.05) is 0 Å². The first kappa shape index (κ1) is 13.0. The minimum atomic E-state index is -1.11. The lowest BCUT2D eigenvalue weighted by atomic mass is 10.1. The maximum absolute atomic E-state index is 11.4. The van der Waals surface area contributed by atoms with Crippen molar-refractivity contribution < 1.29 is 8.42 Å². The van der Waals surface area contributed by atoms with Crippen molar-refractivity contribution in [3.8, 4) is 0 Å². The van der Waals surface area contributed by atoms with Gasteiger partial charge in [0.05, 0.1) is 9.79 Å². The van der Waals surface area contributed by atoms with Gasteiger partial charge in [-0.3, -0.25) is 0 Å². The van der Waals surface area contributed by atoms with E-state index in [9.17, 15) is 8.42 Å². The van der Waals surface area contributed by atoms with Crippen LogP contribution in [0.4, 0.5) is 0 Å². The molecule has 0 amide bonds. The van der Waals surface area contributed by atoms with Crippen LogP contribution in [0.25, 0.3) is 0 Å². The van der Waals surface area contributed by atoms with E-state index in [4.69, 9.17) is 0 Å². The minimum absolute atomic E-state index is 0.668. The molecular formula is C8H8I2O2S2. The van der Waals surface area contributed by atoms with Crippen molar-refractivity contribution in [2.45, 2.75) is 23.6 Å². The predicted octanol–water partition coefficient (Wildman–Crippen LogP) is 3.22. The first-order valence-electron chi connectivity index (χ1n) is 3.70. The molecule has 2 nitrogen and oxygen atoms in total. The first-order chi connectivity index (χ1) is 6.43. The number of benzene rings is 1. The maximum Gasteiger partial charge on any atom is 0.117 e. The van der Waals surface area contributed by atoms with Gasteiger partial charge in [0.1, 0.15) is 15.9 Å². The molecule has 2 atom stereocenters. The van der Waals surface area contributed by atoms with Gasteiger partial charge in [0.2, 0.25) is 0 Å². The van der Waals surface area contributed by atoms with Gasteiger partial charge in [-0.2, -0.15) is 0 Å². The first-order valence-corrected chi connectivity index (χ1v) is 11.1. The van der Waals surface area contributed by atoms with E-state index < -0.39 is 15.9 Å². The Kier molecular flexibility index (Phi) is 4.99. The molecule has 0 aliphatic carbocycles. The second kappa shape index (κ2) is 5.35. The second-order valence-corrected chi connectivity index (χ2v) is 9.40. The van der Waals surface area contributed by atoms with Gasteiger partial charge in [0, 0.05) is 42.4 Å². The Hall–Kier alpha value is 0.980. The van der Waals surface area contributed by atoms with Crippen molar-refractivity contribution in [3.05, 3.63) is 23.3 Å². The lowest BCUT2D eigenvalue weighted by Crippen LogP contribution is -1.94. The standard InChI is InChI=1S/C8H8I2O2S2/c1-5-3-7(13(9)11)8(14(10)12)4-6(5)2/h3-4H,1-2H3. The molecule has 78 valence electrons. The Bertz CT molecular complexity index is 379. The van der Waals surface area contributed by atoms with Crippen molar-refractivity contribution in [1.29, 1.82) is 0 Å². The molecule has 0 aliphatic heterocycles. The summed E-state index contributed by atoms with van der Waals surface area (Å²) >= 11 is 3.66. The van der Waals surface area contributed by atoms with Gasteiger partial charge in [-0.05, 0) is 37.1 Å². The highest BCUT2D eigenvalue weighted by atomic mass is 127. The average Bonchev–Trinajstić information content (AvgIpc) is 2.08. The highest BCUT2D eigenvalue weighted by Gasteiger charge is 2.13. The SMILES string of the molecule is Cc1cc(S(=O)I)c(S(=O)I)cc1C. The third-order valence-electron chi connectivity index (χ3n) is 1.91. The minimum Gasteiger partial charge on any atom is -0.243 e. The molecule has 0 aromatic heterocycles. The number of hydrogen-bond donors (Lipinski definition) is 0. The van der Waals surface area contributed by atoms with E-state index in [0.717, 1.165) is 11.1 Å². The normalized spacial score (nSPS) is 15.1. The molecule has 1 aromatic carbocycles. The molecule has 0 saturated carbocycles. The number of rotatable bonds is 2. The smallest absolute Gasteiger partial charge is 0.117 e. The van der Waals surface area contributed by atoms with Crippen LogP contribution in [-0.4, -0.2) is 8.42 Å². The molecule has 0 radical (unpaired) electrons. The third-order valence-corrected chi connectivity index (χ3v) is 6.25. The fraction of sp³-hybridized carbons (Fsp3) is 0.250. The molecule has 2 unspecified atom stereocenters. The van der Waals surface area contributed by atoms with Gasteiger partial charge < -0.3 is 0 Å². The van der Waals surface area contributed by atoms with Crippen LogP contribution in [-0.2, 0) is 15.9 Å².